The topological polar surface area (TPSA) is 151 Å². The number of hydrogen-bond acceptors (Lipinski definition) is 8. The summed E-state index contributed by atoms with van der Waals surface area (Å²) in [5.41, 5.74) is -0.680. The lowest BCUT2D eigenvalue weighted by Gasteiger charge is -2.59. The van der Waals surface area contributed by atoms with Crippen LogP contribution in [0.2, 0.25) is 0 Å². The van der Waals surface area contributed by atoms with Gasteiger partial charge in [-0.2, -0.15) is 0 Å². The predicted octanol–water partition coefficient (Wildman–Crippen LogP) is 1.05. The maximum absolute atomic E-state index is 13.4. The molecule has 12 atom stereocenters. The van der Waals surface area contributed by atoms with Gasteiger partial charge in [-0.3, -0.25) is 9.59 Å². The van der Waals surface area contributed by atoms with Crippen molar-refractivity contribution in [2.45, 2.75) is 102 Å². The average Bonchev–Trinajstić information content (AvgIpc) is 3.07. The second kappa shape index (κ2) is 8.34. The molecule has 1 aliphatic heterocycles. The lowest BCUT2D eigenvalue weighted by Crippen LogP contribution is -2.61. The molecule has 4 saturated carbocycles. The van der Waals surface area contributed by atoms with Crippen molar-refractivity contribution in [3.63, 3.8) is 0 Å². The molecule has 0 aromatic heterocycles. The molecule has 9 heteroatoms. The van der Waals surface area contributed by atoms with Crippen LogP contribution < -0.4 is 0 Å². The van der Waals surface area contributed by atoms with Crippen LogP contribution in [-0.2, 0) is 23.9 Å². The summed E-state index contributed by atoms with van der Waals surface area (Å²) in [6, 6.07) is 0. The second-order valence-electron chi connectivity index (χ2n) is 11.8. The SMILES string of the molecule is C[C@]12CC[C@@H](O[C@@H]3O[C@H](C(=O)O)[C@@H](O)[C@H](O)[C@H]3O)C[C@@H]1CC[C@@H]1[C@@H]2C(=O)C[C@]2(C)C(=O)CC[C@@H]12. The van der Waals surface area contributed by atoms with E-state index in [4.69, 9.17) is 9.47 Å². The highest BCUT2D eigenvalue weighted by Gasteiger charge is 2.63. The first-order valence-electron chi connectivity index (χ1n) is 12.6. The molecule has 5 fully saturated rings. The Kier molecular flexibility index (Phi) is 5.96. The van der Waals surface area contributed by atoms with Gasteiger partial charge in [-0.15, -0.1) is 0 Å². The minimum Gasteiger partial charge on any atom is -0.479 e. The Morgan fingerprint density at radius 1 is 1.03 bits per heavy atom. The monoisotopic (exact) mass is 480 g/mol. The number of Topliss-reactive ketones (excluding diaryl/α,β-unsaturated/α-hetero) is 2. The van der Waals surface area contributed by atoms with Gasteiger partial charge < -0.3 is 29.9 Å². The zero-order chi connectivity index (χ0) is 24.6. The van der Waals surface area contributed by atoms with Gasteiger partial charge in [0, 0.05) is 24.2 Å². The Morgan fingerprint density at radius 3 is 2.47 bits per heavy atom. The molecule has 1 saturated heterocycles. The molecular weight excluding hydrogens is 444 g/mol. The van der Waals surface area contributed by atoms with E-state index in [0.717, 1.165) is 25.7 Å². The molecule has 4 N–H and O–H groups in total. The quantitative estimate of drug-likeness (QED) is 0.435. The number of aliphatic hydroxyl groups is 3. The molecule has 1 heterocycles. The van der Waals surface area contributed by atoms with Gasteiger partial charge in [0.25, 0.3) is 0 Å². The standard InChI is InChI=1S/C25H36O9/c1-24-8-7-12(33-23-20(30)18(28)19(29)21(34-23)22(31)32)9-11(24)3-4-13-14-5-6-16(27)25(14,2)10-15(26)17(13)24/h11-14,17-21,23,28-30H,3-10H2,1-2H3,(H,31,32)/t11-,12+,13-,14-,17+,18-,19-,20+,21-,23+,24-,25-/m0/s1. The van der Waals surface area contributed by atoms with E-state index in [1.165, 1.54) is 0 Å². The van der Waals surface area contributed by atoms with Crippen molar-refractivity contribution in [3.05, 3.63) is 0 Å². The lowest BCUT2D eigenvalue weighted by atomic mass is 9.45. The summed E-state index contributed by atoms with van der Waals surface area (Å²) in [6.07, 6.45) is -2.69. The van der Waals surface area contributed by atoms with Crippen molar-refractivity contribution in [2.75, 3.05) is 0 Å². The first-order valence-corrected chi connectivity index (χ1v) is 12.6. The molecule has 0 aromatic carbocycles. The largest absolute Gasteiger partial charge is 0.479 e. The Balaban J connectivity index is 1.30. The number of aliphatic hydroxyl groups excluding tert-OH is 3. The van der Waals surface area contributed by atoms with Crippen molar-refractivity contribution in [3.8, 4) is 0 Å². The Bertz CT molecular complexity index is 874. The van der Waals surface area contributed by atoms with Gasteiger partial charge in [-0.05, 0) is 61.7 Å². The molecule has 190 valence electrons. The van der Waals surface area contributed by atoms with Crippen LogP contribution >= 0.6 is 0 Å². The van der Waals surface area contributed by atoms with E-state index < -0.39 is 42.1 Å². The van der Waals surface area contributed by atoms with Crippen LogP contribution in [0, 0.1) is 34.5 Å². The summed E-state index contributed by atoms with van der Waals surface area (Å²) < 4.78 is 11.3. The summed E-state index contributed by atoms with van der Waals surface area (Å²) in [4.78, 5) is 37.4. The zero-order valence-corrected chi connectivity index (χ0v) is 19.8. The fourth-order valence-corrected chi connectivity index (χ4v) is 8.29. The van der Waals surface area contributed by atoms with Crippen LogP contribution in [0.4, 0.5) is 0 Å². The fraction of sp³-hybridized carbons (Fsp3) is 0.880. The molecular formula is C25H36O9. The Hall–Kier alpha value is -1.39. The Labute approximate surface area is 198 Å². The number of rotatable bonds is 3. The van der Waals surface area contributed by atoms with E-state index in [9.17, 15) is 34.8 Å². The smallest absolute Gasteiger partial charge is 0.335 e. The first-order chi connectivity index (χ1) is 16.0. The highest BCUT2D eigenvalue weighted by molar-refractivity contribution is 5.95. The molecule has 0 bridgehead atoms. The normalized spacial score (nSPS) is 53.1. The van der Waals surface area contributed by atoms with Gasteiger partial charge in [-0.1, -0.05) is 13.8 Å². The van der Waals surface area contributed by atoms with Gasteiger partial charge in [0.2, 0.25) is 0 Å². The van der Waals surface area contributed by atoms with Gasteiger partial charge in [0.15, 0.2) is 12.4 Å². The van der Waals surface area contributed by atoms with Crippen LogP contribution in [0.15, 0.2) is 0 Å². The van der Waals surface area contributed by atoms with Crippen molar-refractivity contribution >= 4 is 17.5 Å². The number of carbonyl (C=O) groups is 3. The maximum atomic E-state index is 13.4. The Morgan fingerprint density at radius 2 is 1.76 bits per heavy atom. The third-order valence-electron chi connectivity index (χ3n) is 10.2. The number of ketones is 2. The van der Waals surface area contributed by atoms with Crippen LogP contribution in [0.3, 0.4) is 0 Å². The van der Waals surface area contributed by atoms with Crippen molar-refractivity contribution in [1.82, 2.24) is 0 Å². The van der Waals surface area contributed by atoms with Crippen molar-refractivity contribution in [2.24, 2.45) is 34.5 Å². The zero-order valence-electron chi connectivity index (χ0n) is 19.8. The first kappa shape index (κ1) is 24.3. The summed E-state index contributed by atoms with van der Waals surface area (Å²) in [6.45, 7) is 4.19. The van der Waals surface area contributed by atoms with Crippen LogP contribution in [0.1, 0.15) is 65.2 Å². The molecule has 0 aromatic rings. The molecule has 5 rings (SSSR count). The number of carboxylic acids is 1. The second-order valence-corrected chi connectivity index (χ2v) is 11.8. The molecule has 4 aliphatic carbocycles. The molecule has 0 spiro atoms. The number of aliphatic carboxylic acids is 1. The minimum atomic E-state index is -1.75. The third-order valence-corrected chi connectivity index (χ3v) is 10.2. The number of ether oxygens (including phenoxy) is 2. The van der Waals surface area contributed by atoms with Crippen molar-refractivity contribution < 1.29 is 44.3 Å². The number of carboxylic acid groups (broad SMARTS) is 1. The molecule has 5 aliphatic rings. The molecule has 0 amide bonds. The molecule has 0 radical (unpaired) electrons. The fourth-order valence-electron chi connectivity index (χ4n) is 8.29. The van der Waals surface area contributed by atoms with E-state index in [-0.39, 0.29) is 46.8 Å². The summed E-state index contributed by atoms with van der Waals surface area (Å²) in [7, 11) is 0. The third kappa shape index (κ3) is 3.50. The van der Waals surface area contributed by atoms with Gasteiger partial charge >= 0.3 is 5.97 Å². The molecule has 0 unspecified atom stereocenters. The molecule has 34 heavy (non-hydrogen) atoms. The number of fused-ring (bicyclic) bond motifs is 5. The number of carbonyl (C=O) groups excluding carboxylic acids is 2. The van der Waals surface area contributed by atoms with Crippen LogP contribution in [-0.4, -0.2) is 74.8 Å². The highest BCUT2D eigenvalue weighted by atomic mass is 16.7. The van der Waals surface area contributed by atoms with E-state index in [1.807, 2.05) is 6.92 Å². The molecule has 9 nitrogen and oxygen atoms in total. The van der Waals surface area contributed by atoms with E-state index in [0.29, 0.717) is 25.7 Å². The highest BCUT2D eigenvalue weighted by Crippen LogP contribution is 2.64. The van der Waals surface area contributed by atoms with Gasteiger partial charge in [-0.25, -0.2) is 4.79 Å². The van der Waals surface area contributed by atoms with Crippen LogP contribution in [0.5, 0.6) is 0 Å². The summed E-state index contributed by atoms with van der Waals surface area (Å²) >= 11 is 0. The summed E-state index contributed by atoms with van der Waals surface area (Å²) in [5.74, 6) is -0.279. The minimum absolute atomic E-state index is 0.0546. The number of hydrogen-bond donors (Lipinski definition) is 4. The summed E-state index contributed by atoms with van der Waals surface area (Å²) in [5, 5.41) is 39.6. The van der Waals surface area contributed by atoms with Gasteiger partial charge in [0.05, 0.1) is 6.10 Å². The van der Waals surface area contributed by atoms with Crippen molar-refractivity contribution in [1.29, 1.82) is 0 Å². The van der Waals surface area contributed by atoms with Gasteiger partial charge in [0.1, 0.15) is 29.9 Å². The lowest BCUT2D eigenvalue weighted by molar-refractivity contribution is -0.309. The van der Waals surface area contributed by atoms with E-state index in [2.05, 4.69) is 6.92 Å². The maximum Gasteiger partial charge on any atom is 0.335 e. The van der Waals surface area contributed by atoms with E-state index in [1.54, 1.807) is 0 Å². The average molecular weight is 481 g/mol. The predicted molar refractivity (Wildman–Crippen MR) is 116 cm³/mol. The van der Waals surface area contributed by atoms with Crippen LogP contribution in [0.25, 0.3) is 0 Å². The van der Waals surface area contributed by atoms with E-state index >= 15 is 0 Å².